The first kappa shape index (κ1) is 15.2. The van der Waals surface area contributed by atoms with Crippen LogP contribution in [0.2, 0.25) is 5.02 Å². The molecule has 0 radical (unpaired) electrons. The van der Waals surface area contributed by atoms with Gasteiger partial charge in [0.2, 0.25) is 5.13 Å². The molecule has 1 aliphatic rings. The van der Waals surface area contributed by atoms with Crippen molar-refractivity contribution in [1.82, 2.24) is 15.5 Å². The first-order valence-corrected chi connectivity index (χ1v) is 8.16. The number of hydrogen-bond donors (Lipinski definition) is 2. The average Bonchev–Trinajstić information content (AvgIpc) is 3.17. The maximum Gasteiger partial charge on any atom is 0.321 e. The highest BCUT2D eigenvalue weighted by atomic mass is 35.5. The predicted molar refractivity (Wildman–Crippen MR) is 86.4 cm³/mol. The quantitative estimate of drug-likeness (QED) is 0.897. The first-order chi connectivity index (χ1) is 10.7. The van der Waals surface area contributed by atoms with Gasteiger partial charge in [0, 0.05) is 18.7 Å². The number of benzene rings is 1. The van der Waals surface area contributed by atoms with Gasteiger partial charge in [-0.15, -0.1) is 10.2 Å². The van der Waals surface area contributed by atoms with Crippen molar-refractivity contribution >= 4 is 34.1 Å². The van der Waals surface area contributed by atoms with Crippen LogP contribution in [-0.4, -0.2) is 35.5 Å². The lowest BCUT2D eigenvalue weighted by atomic mass is 10.2. The van der Waals surface area contributed by atoms with Gasteiger partial charge in [-0.3, -0.25) is 5.32 Å². The maximum absolute atomic E-state index is 11.8. The van der Waals surface area contributed by atoms with Gasteiger partial charge in [-0.25, -0.2) is 4.79 Å². The minimum atomic E-state index is -0.308. The summed E-state index contributed by atoms with van der Waals surface area (Å²) in [5, 5.41) is 15.2. The van der Waals surface area contributed by atoms with Crippen molar-refractivity contribution in [2.45, 2.75) is 18.9 Å². The van der Waals surface area contributed by atoms with Crippen molar-refractivity contribution in [2.24, 2.45) is 0 Å². The summed E-state index contributed by atoms with van der Waals surface area (Å²) in [6.45, 7) is 1.27. The average molecular weight is 339 g/mol. The Kier molecular flexibility index (Phi) is 4.87. The third-order valence-corrected chi connectivity index (χ3v) is 4.47. The van der Waals surface area contributed by atoms with Gasteiger partial charge in [0.1, 0.15) is 0 Å². The lowest BCUT2D eigenvalue weighted by Gasteiger charge is -2.10. The highest BCUT2D eigenvalue weighted by Crippen LogP contribution is 2.31. The van der Waals surface area contributed by atoms with Crippen LogP contribution < -0.4 is 10.6 Å². The molecule has 6 nitrogen and oxygen atoms in total. The van der Waals surface area contributed by atoms with Crippen LogP contribution in [0, 0.1) is 0 Å². The standard InChI is InChI=1S/C14H15ClN4O2S/c15-11-6-2-1-5-10(11)12-18-19-14(22-12)17-13(20)16-8-9-4-3-7-21-9/h1-2,5-6,9H,3-4,7-8H2,(H2,16,17,19,20). The van der Waals surface area contributed by atoms with Gasteiger partial charge in [-0.05, 0) is 18.9 Å². The zero-order chi connectivity index (χ0) is 15.4. The van der Waals surface area contributed by atoms with Gasteiger partial charge in [0.05, 0.1) is 11.1 Å². The molecule has 2 heterocycles. The number of carbonyl (C=O) groups is 1. The molecule has 1 unspecified atom stereocenters. The number of nitrogens with one attached hydrogen (secondary N) is 2. The molecule has 2 amide bonds. The van der Waals surface area contributed by atoms with Crippen LogP contribution in [-0.2, 0) is 4.74 Å². The molecular formula is C14H15ClN4O2S. The third-order valence-electron chi connectivity index (χ3n) is 3.26. The number of aromatic nitrogens is 2. The van der Waals surface area contributed by atoms with E-state index in [4.69, 9.17) is 16.3 Å². The molecule has 116 valence electrons. The molecule has 2 aromatic rings. The molecule has 1 saturated heterocycles. The van der Waals surface area contributed by atoms with Crippen LogP contribution in [0.25, 0.3) is 10.6 Å². The number of urea groups is 1. The van der Waals surface area contributed by atoms with E-state index in [1.165, 1.54) is 11.3 Å². The first-order valence-electron chi connectivity index (χ1n) is 6.97. The molecule has 1 atom stereocenters. The minimum absolute atomic E-state index is 0.110. The second kappa shape index (κ2) is 7.04. The second-order valence-corrected chi connectivity index (χ2v) is 6.25. The van der Waals surface area contributed by atoms with Crippen LogP contribution in [0.15, 0.2) is 24.3 Å². The Morgan fingerprint density at radius 2 is 2.27 bits per heavy atom. The van der Waals surface area contributed by atoms with E-state index in [1.54, 1.807) is 6.07 Å². The molecule has 0 aliphatic carbocycles. The molecule has 0 spiro atoms. The summed E-state index contributed by atoms with van der Waals surface area (Å²) in [4.78, 5) is 11.8. The van der Waals surface area contributed by atoms with Gasteiger partial charge in [-0.2, -0.15) is 0 Å². The highest BCUT2D eigenvalue weighted by Gasteiger charge is 2.17. The number of halogens is 1. The van der Waals surface area contributed by atoms with E-state index in [2.05, 4.69) is 20.8 Å². The molecule has 1 aromatic heterocycles. The molecule has 1 fully saturated rings. The van der Waals surface area contributed by atoms with E-state index in [0.29, 0.717) is 21.7 Å². The van der Waals surface area contributed by atoms with Crippen LogP contribution in [0.4, 0.5) is 9.93 Å². The molecule has 1 aliphatic heterocycles. The van der Waals surface area contributed by atoms with Crippen molar-refractivity contribution < 1.29 is 9.53 Å². The molecule has 0 saturated carbocycles. The van der Waals surface area contributed by atoms with Gasteiger partial charge >= 0.3 is 6.03 Å². The molecule has 1 aromatic carbocycles. The van der Waals surface area contributed by atoms with E-state index in [9.17, 15) is 4.79 Å². The summed E-state index contributed by atoms with van der Waals surface area (Å²) in [5.41, 5.74) is 0.800. The van der Waals surface area contributed by atoms with E-state index in [0.717, 1.165) is 25.0 Å². The third kappa shape index (κ3) is 3.73. The second-order valence-electron chi connectivity index (χ2n) is 4.86. The summed E-state index contributed by atoms with van der Waals surface area (Å²) in [6, 6.07) is 7.08. The Bertz CT molecular complexity index is 658. The number of hydrogen-bond acceptors (Lipinski definition) is 5. The fourth-order valence-corrected chi connectivity index (χ4v) is 3.23. The number of amides is 2. The highest BCUT2D eigenvalue weighted by molar-refractivity contribution is 7.18. The molecule has 0 bridgehead atoms. The van der Waals surface area contributed by atoms with Crippen LogP contribution >= 0.6 is 22.9 Å². The van der Waals surface area contributed by atoms with E-state index < -0.39 is 0 Å². The SMILES string of the molecule is O=C(NCC1CCCO1)Nc1nnc(-c2ccccc2Cl)s1. The lowest BCUT2D eigenvalue weighted by molar-refractivity contribution is 0.112. The molecule has 8 heteroatoms. The Hall–Kier alpha value is -1.70. The number of rotatable bonds is 4. The van der Waals surface area contributed by atoms with Crippen LogP contribution in [0.3, 0.4) is 0 Å². The number of ether oxygens (including phenoxy) is 1. The fourth-order valence-electron chi connectivity index (χ4n) is 2.17. The monoisotopic (exact) mass is 338 g/mol. The smallest absolute Gasteiger partial charge is 0.321 e. The molecule has 2 N–H and O–H groups in total. The van der Waals surface area contributed by atoms with E-state index in [1.807, 2.05) is 18.2 Å². The molecule has 3 rings (SSSR count). The summed E-state index contributed by atoms with van der Waals surface area (Å²) >= 11 is 7.40. The largest absolute Gasteiger partial charge is 0.376 e. The van der Waals surface area contributed by atoms with Crippen LogP contribution in [0.5, 0.6) is 0 Å². The number of nitrogens with zero attached hydrogens (tertiary/aromatic N) is 2. The summed E-state index contributed by atoms with van der Waals surface area (Å²) in [7, 11) is 0. The van der Waals surface area contributed by atoms with E-state index in [-0.39, 0.29) is 12.1 Å². The van der Waals surface area contributed by atoms with Gasteiger partial charge in [0.15, 0.2) is 5.01 Å². The van der Waals surface area contributed by atoms with Crippen molar-refractivity contribution in [1.29, 1.82) is 0 Å². The van der Waals surface area contributed by atoms with Crippen molar-refractivity contribution in [2.75, 3.05) is 18.5 Å². The zero-order valence-electron chi connectivity index (χ0n) is 11.7. The summed E-state index contributed by atoms with van der Waals surface area (Å²) < 4.78 is 5.45. The minimum Gasteiger partial charge on any atom is -0.376 e. The van der Waals surface area contributed by atoms with Gasteiger partial charge < -0.3 is 10.1 Å². The number of anilines is 1. The Labute approximate surface area is 136 Å². The van der Waals surface area contributed by atoms with Gasteiger partial charge in [-0.1, -0.05) is 41.1 Å². The predicted octanol–water partition coefficient (Wildman–Crippen LogP) is 3.16. The fraction of sp³-hybridized carbons (Fsp3) is 0.357. The van der Waals surface area contributed by atoms with Crippen molar-refractivity contribution in [3.05, 3.63) is 29.3 Å². The lowest BCUT2D eigenvalue weighted by Crippen LogP contribution is -2.34. The van der Waals surface area contributed by atoms with Crippen molar-refractivity contribution in [3.63, 3.8) is 0 Å². The summed E-state index contributed by atoms with van der Waals surface area (Å²) in [6.07, 6.45) is 2.14. The molecular weight excluding hydrogens is 324 g/mol. The zero-order valence-corrected chi connectivity index (χ0v) is 13.3. The van der Waals surface area contributed by atoms with Gasteiger partial charge in [0.25, 0.3) is 0 Å². The van der Waals surface area contributed by atoms with Crippen molar-refractivity contribution in [3.8, 4) is 10.6 Å². The van der Waals surface area contributed by atoms with Crippen LogP contribution in [0.1, 0.15) is 12.8 Å². The Balaban J connectivity index is 1.57. The maximum atomic E-state index is 11.8. The molecule has 22 heavy (non-hydrogen) atoms. The summed E-state index contributed by atoms with van der Waals surface area (Å²) in [5.74, 6) is 0. The Morgan fingerprint density at radius 1 is 1.41 bits per heavy atom. The van der Waals surface area contributed by atoms with E-state index >= 15 is 0 Å². The topological polar surface area (TPSA) is 76.1 Å². The number of carbonyl (C=O) groups excluding carboxylic acids is 1. The Morgan fingerprint density at radius 3 is 3.05 bits per heavy atom. The normalized spacial score (nSPS) is 17.4.